The normalized spacial score (nSPS) is 22.9. The van der Waals surface area contributed by atoms with Gasteiger partial charge in [-0.15, -0.1) is 0 Å². The van der Waals surface area contributed by atoms with Crippen molar-refractivity contribution in [1.82, 2.24) is 10.6 Å². The SMILES string of the molecule is O=C(NCC1CC=CCC1)NCC1CCN(c2ccc(F)c(F)c2)C1. The van der Waals surface area contributed by atoms with Gasteiger partial charge in [0, 0.05) is 37.9 Å². The number of allylic oxidation sites excluding steroid dienone is 2. The van der Waals surface area contributed by atoms with E-state index in [0.717, 1.165) is 44.8 Å². The predicted octanol–water partition coefficient (Wildman–Crippen LogP) is 3.45. The van der Waals surface area contributed by atoms with Crippen LogP contribution in [0.4, 0.5) is 19.3 Å². The summed E-state index contributed by atoms with van der Waals surface area (Å²) in [4.78, 5) is 14.0. The van der Waals surface area contributed by atoms with Gasteiger partial charge in [0.2, 0.25) is 0 Å². The number of rotatable bonds is 5. The lowest BCUT2D eigenvalue weighted by Gasteiger charge is -2.20. The molecule has 3 rings (SSSR count). The van der Waals surface area contributed by atoms with Crippen LogP contribution < -0.4 is 15.5 Å². The van der Waals surface area contributed by atoms with Crippen molar-refractivity contribution < 1.29 is 13.6 Å². The van der Waals surface area contributed by atoms with Crippen molar-refractivity contribution in [3.8, 4) is 0 Å². The monoisotopic (exact) mass is 349 g/mol. The van der Waals surface area contributed by atoms with Crippen molar-refractivity contribution in [2.24, 2.45) is 11.8 Å². The van der Waals surface area contributed by atoms with Gasteiger partial charge in [-0.3, -0.25) is 0 Å². The van der Waals surface area contributed by atoms with Gasteiger partial charge in [0.05, 0.1) is 0 Å². The van der Waals surface area contributed by atoms with Crippen molar-refractivity contribution in [3.05, 3.63) is 42.0 Å². The zero-order valence-electron chi connectivity index (χ0n) is 14.3. The van der Waals surface area contributed by atoms with Gasteiger partial charge in [-0.25, -0.2) is 13.6 Å². The van der Waals surface area contributed by atoms with E-state index in [2.05, 4.69) is 22.8 Å². The minimum atomic E-state index is -0.828. The van der Waals surface area contributed by atoms with Crippen molar-refractivity contribution in [2.75, 3.05) is 31.1 Å². The lowest BCUT2D eigenvalue weighted by molar-refractivity contribution is 0.236. The molecular weight excluding hydrogens is 324 g/mol. The standard InChI is InChI=1S/C19H25F2N3O/c20-17-7-6-16(10-18(17)21)24-9-8-15(13-24)12-23-19(25)22-11-14-4-2-1-3-5-14/h1-2,6-7,10,14-15H,3-5,8-9,11-13H2,(H2,22,23,25). The summed E-state index contributed by atoms with van der Waals surface area (Å²) in [5, 5.41) is 5.87. The number of amides is 2. The Balaban J connectivity index is 1.38. The first-order valence-corrected chi connectivity index (χ1v) is 8.98. The van der Waals surface area contributed by atoms with Crippen LogP contribution in [0.3, 0.4) is 0 Å². The first-order valence-electron chi connectivity index (χ1n) is 8.98. The van der Waals surface area contributed by atoms with E-state index in [1.165, 1.54) is 6.07 Å². The maximum atomic E-state index is 13.4. The molecule has 1 fully saturated rings. The van der Waals surface area contributed by atoms with Crippen molar-refractivity contribution in [1.29, 1.82) is 0 Å². The molecule has 2 atom stereocenters. The minimum Gasteiger partial charge on any atom is -0.371 e. The quantitative estimate of drug-likeness (QED) is 0.800. The molecule has 0 saturated carbocycles. The van der Waals surface area contributed by atoms with E-state index in [0.29, 0.717) is 30.6 Å². The van der Waals surface area contributed by atoms with Crippen LogP contribution in [0.5, 0.6) is 0 Å². The first-order chi connectivity index (χ1) is 12.1. The summed E-state index contributed by atoms with van der Waals surface area (Å²) in [6.07, 6.45) is 8.55. The summed E-state index contributed by atoms with van der Waals surface area (Å²) in [6, 6.07) is 3.86. The Morgan fingerprint density at radius 3 is 2.60 bits per heavy atom. The third-order valence-electron chi connectivity index (χ3n) is 5.03. The zero-order valence-corrected chi connectivity index (χ0v) is 14.3. The van der Waals surface area contributed by atoms with Crippen LogP contribution in [0.25, 0.3) is 0 Å². The summed E-state index contributed by atoms with van der Waals surface area (Å²) < 4.78 is 26.4. The van der Waals surface area contributed by atoms with E-state index in [1.807, 2.05) is 4.90 Å². The topological polar surface area (TPSA) is 44.4 Å². The Morgan fingerprint density at radius 1 is 1.08 bits per heavy atom. The average Bonchev–Trinajstić information content (AvgIpc) is 3.10. The number of anilines is 1. The summed E-state index contributed by atoms with van der Waals surface area (Å²) in [5.74, 6) is -0.801. The molecule has 1 saturated heterocycles. The minimum absolute atomic E-state index is 0.124. The molecule has 4 nitrogen and oxygen atoms in total. The molecule has 0 spiro atoms. The maximum absolute atomic E-state index is 13.4. The summed E-state index contributed by atoms with van der Waals surface area (Å²) >= 11 is 0. The van der Waals surface area contributed by atoms with Crippen molar-refractivity contribution in [2.45, 2.75) is 25.7 Å². The van der Waals surface area contributed by atoms with Gasteiger partial charge in [0.15, 0.2) is 11.6 Å². The number of carbonyl (C=O) groups is 1. The molecule has 2 amide bonds. The second-order valence-electron chi connectivity index (χ2n) is 6.94. The van der Waals surface area contributed by atoms with Crippen LogP contribution in [0, 0.1) is 23.5 Å². The van der Waals surface area contributed by atoms with E-state index in [-0.39, 0.29) is 6.03 Å². The number of nitrogens with one attached hydrogen (secondary N) is 2. The summed E-state index contributed by atoms with van der Waals surface area (Å²) in [7, 11) is 0. The number of benzene rings is 1. The highest BCUT2D eigenvalue weighted by Crippen LogP contribution is 2.25. The molecule has 25 heavy (non-hydrogen) atoms. The Morgan fingerprint density at radius 2 is 1.88 bits per heavy atom. The van der Waals surface area contributed by atoms with E-state index < -0.39 is 11.6 Å². The molecular formula is C19H25F2N3O. The average molecular weight is 349 g/mol. The highest BCUT2D eigenvalue weighted by Gasteiger charge is 2.24. The van der Waals surface area contributed by atoms with Crippen molar-refractivity contribution >= 4 is 11.7 Å². The molecule has 0 radical (unpaired) electrons. The number of carbonyl (C=O) groups excluding carboxylic acids is 1. The van der Waals surface area contributed by atoms with Crippen LogP contribution in [0.2, 0.25) is 0 Å². The van der Waals surface area contributed by atoms with Gasteiger partial charge >= 0.3 is 6.03 Å². The molecule has 2 aliphatic rings. The summed E-state index contributed by atoms with van der Waals surface area (Å²) in [5.41, 5.74) is 0.691. The van der Waals surface area contributed by atoms with Gasteiger partial charge in [0.1, 0.15) is 0 Å². The molecule has 2 N–H and O–H groups in total. The van der Waals surface area contributed by atoms with Gasteiger partial charge in [-0.2, -0.15) is 0 Å². The number of nitrogens with zero attached hydrogens (tertiary/aromatic N) is 1. The third kappa shape index (κ3) is 4.94. The maximum Gasteiger partial charge on any atom is 0.314 e. The molecule has 1 aliphatic carbocycles. The molecule has 1 aromatic rings. The third-order valence-corrected chi connectivity index (χ3v) is 5.03. The Bertz CT molecular complexity index is 635. The van der Waals surface area contributed by atoms with Crippen LogP contribution in [0.1, 0.15) is 25.7 Å². The molecule has 136 valence electrons. The van der Waals surface area contributed by atoms with E-state index in [4.69, 9.17) is 0 Å². The van der Waals surface area contributed by atoms with Crippen LogP contribution in [-0.4, -0.2) is 32.2 Å². The van der Waals surface area contributed by atoms with Gasteiger partial charge in [-0.1, -0.05) is 12.2 Å². The van der Waals surface area contributed by atoms with Crippen LogP contribution >= 0.6 is 0 Å². The zero-order chi connectivity index (χ0) is 17.6. The molecule has 0 bridgehead atoms. The highest BCUT2D eigenvalue weighted by molar-refractivity contribution is 5.73. The molecule has 2 unspecified atom stereocenters. The van der Waals surface area contributed by atoms with Crippen molar-refractivity contribution in [3.63, 3.8) is 0 Å². The number of halogens is 2. The largest absolute Gasteiger partial charge is 0.371 e. The van der Waals surface area contributed by atoms with Gasteiger partial charge in [-0.05, 0) is 49.7 Å². The lowest BCUT2D eigenvalue weighted by Crippen LogP contribution is -2.40. The van der Waals surface area contributed by atoms with Crippen LogP contribution in [0.15, 0.2) is 30.4 Å². The van der Waals surface area contributed by atoms with Gasteiger partial charge in [0.25, 0.3) is 0 Å². The molecule has 1 heterocycles. The van der Waals surface area contributed by atoms with E-state index in [9.17, 15) is 13.6 Å². The fraction of sp³-hybridized carbons (Fsp3) is 0.526. The van der Waals surface area contributed by atoms with Gasteiger partial charge < -0.3 is 15.5 Å². The van der Waals surface area contributed by atoms with E-state index >= 15 is 0 Å². The van der Waals surface area contributed by atoms with Crippen LogP contribution in [-0.2, 0) is 0 Å². The molecule has 1 aromatic carbocycles. The molecule has 0 aromatic heterocycles. The fourth-order valence-corrected chi connectivity index (χ4v) is 3.49. The Labute approximate surface area is 147 Å². The Kier molecular flexibility index (Phi) is 5.89. The fourth-order valence-electron chi connectivity index (χ4n) is 3.49. The lowest BCUT2D eigenvalue weighted by atomic mass is 9.94. The van der Waals surface area contributed by atoms with E-state index in [1.54, 1.807) is 6.07 Å². The number of urea groups is 1. The second-order valence-corrected chi connectivity index (χ2v) is 6.94. The Hall–Kier alpha value is -2.11. The highest BCUT2D eigenvalue weighted by atomic mass is 19.2. The number of hydrogen-bond donors (Lipinski definition) is 2. The first kappa shape index (κ1) is 17.7. The summed E-state index contributed by atoms with van der Waals surface area (Å²) in [6.45, 7) is 2.82. The number of hydrogen-bond acceptors (Lipinski definition) is 2. The molecule has 1 aliphatic heterocycles. The smallest absolute Gasteiger partial charge is 0.314 e. The molecule has 6 heteroatoms. The second kappa shape index (κ2) is 8.32. The predicted molar refractivity (Wildman–Crippen MR) is 94.6 cm³/mol.